The molecule has 0 saturated heterocycles. The highest BCUT2D eigenvalue weighted by Crippen LogP contribution is 2.54. The summed E-state index contributed by atoms with van der Waals surface area (Å²) in [5.74, 6) is 0.844. The fourth-order valence-corrected chi connectivity index (χ4v) is 2.79. The first-order valence-corrected chi connectivity index (χ1v) is 6.40. The normalized spacial score (nSPS) is 23.9. The molecule has 3 rings (SSSR count). The molecule has 0 amide bonds. The number of aliphatic hydroxyl groups is 1. The Morgan fingerprint density at radius 3 is 2.67 bits per heavy atom. The summed E-state index contributed by atoms with van der Waals surface area (Å²) in [6.45, 7) is 1.96. The van der Waals surface area contributed by atoms with E-state index < -0.39 is 0 Å². The van der Waals surface area contributed by atoms with Crippen molar-refractivity contribution < 1.29 is 5.11 Å². The minimum atomic E-state index is -0.385. The predicted octanol–water partition coefficient (Wildman–Crippen LogP) is 2.57. The van der Waals surface area contributed by atoms with E-state index in [1.54, 1.807) is 4.68 Å². The highest BCUT2D eigenvalue weighted by Gasteiger charge is 2.44. The van der Waals surface area contributed by atoms with Crippen LogP contribution >= 0.6 is 0 Å². The van der Waals surface area contributed by atoms with Gasteiger partial charge < -0.3 is 5.11 Å². The Labute approximate surface area is 107 Å². The van der Waals surface area contributed by atoms with Gasteiger partial charge in [0.1, 0.15) is 0 Å². The molecule has 0 bridgehead atoms. The van der Waals surface area contributed by atoms with Crippen molar-refractivity contribution in [2.45, 2.75) is 25.4 Å². The van der Waals surface area contributed by atoms with Crippen LogP contribution in [0.25, 0.3) is 0 Å². The number of nitrogens with zero attached hydrogens (tertiary/aromatic N) is 2. The molecule has 3 atom stereocenters. The molecule has 1 aromatic carbocycles. The molecular weight excluding hydrogens is 224 g/mol. The fourth-order valence-electron chi connectivity index (χ4n) is 2.79. The molecule has 3 heteroatoms. The summed E-state index contributed by atoms with van der Waals surface area (Å²) in [6.07, 6.45) is 2.61. The molecule has 1 fully saturated rings. The second-order valence-electron chi connectivity index (χ2n) is 5.21. The van der Waals surface area contributed by atoms with Gasteiger partial charge >= 0.3 is 0 Å². The number of aromatic nitrogens is 2. The molecule has 18 heavy (non-hydrogen) atoms. The summed E-state index contributed by atoms with van der Waals surface area (Å²) in [4.78, 5) is 0. The monoisotopic (exact) mass is 242 g/mol. The first-order chi connectivity index (χ1) is 8.66. The summed E-state index contributed by atoms with van der Waals surface area (Å²) in [6, 6.07) is 10.4. The van der Waals surface area contributed by atoms with E-state index >= 15 is 0 Å². The molecule has 2 aromatic rings. The highest BCUT2D eigenvalue weighted by atomic mass is 16.3. The first kappa shape index (κ1) is 11.5. The van der Waals surface area contributed by atoms with E-state index in [2.05, 4.69) is 29.4 Å². The molecule has 1 saturated carbocycles. The van der Waals surface area contributed by atoms with Gasteiger partial charge in [-0.1, -0.05) is 30.3 Å². The predicted molar refractivity (Wildman–Crippen MR) is 70.2 cm³/mol. The Hall–Kier alpha value is -1.61. The van der Waals surface area contributed by atoms with Crippen LogP contribution < -0.4 is 0 Å². The first-order valence-electron chi connectivity index (χ1n) is 6.40. The number of hydrogen-bond donors (Lipinski definition) is 1. The van der Waals surface area contributed by atoms with Crippen molar-refractivity contribution in [2.75, 3.05) is 0 Å². The molecular formula is C15H18N2O. The van der Waals surface area contributed by atoms with E-state index in [-0.39, 0.29) is 6.10 Å². The van der Waals surface area contributed by atoms with E-state index in [0.717, 1.165) is 17.7 Å². The number of aliphatic hydroxyl groups excluding tert-OH is 1. The fraction of sp³-hybridized carbons (Fsp3) is 0.400. The van der Waals surface area contributed by atoms with Crippen molar-refractivity contribution in [3.05, 3.63) is 53.3 Å². The molecule has 0 spiro atoms. The van der Waals surface area contributed by atoms with Crippen molar-refractivity contribution in [1.82, 2.24) is 9.78 Å². The average Bonchev–Trinajstić information content (AvgIpc) is 3.10. The van der Waals surface area contributed by atoms with Gasteiger partial charge in [-0.15, -0.1) is 0 Å². The Bertz CT molecular complexity index is 547. The van der Waals surface area contributed by atoms with Crippen LogP contribution in [0.3, 0.4) is 0 Å². The third-order valence-corrected chi connectivity index (χ3v) is 3.84. The summed E-state index contributed by atoms with van der Waals surface area (Å²) in [5, 5.41) is 14.7. The van der Waals surface area contributed by atoms with Crippen LogP contribution in [0.1, 0.15) is 35.3 Å². The summed E-state index contributed by atoms with van der Waals surface area (Å²) < 4.78 is 1.77. The van der Waals surface area contributed by atoms with Crippen LogP contribution in [0.15, 0.2) is 36.5 Å². The van der Waals surface area contributed by atoms with Crippen molar-refractivity contribution in [3.63, 3.8) is 0 Å². The SMILES string of the molecule is Cc1nn(C)cc1C(O)C1CC1c1ccccc1. The Morgan fingerprint density at radius 2 is 2.06 bits per heavy atom. The molecule has 0 radical (unpaired) electrons. The molecule has 1 aliphatic rings. The zero-order valence-electron chi connectivity index (χ0n) is 10.7. The lowest BCUT2D eigenvalue weighted by Crippen LogP contribution is -2.02. The number of benzene rings is 1. The van der Waals surface area contributed by atoms with E-state index in [0.29, 0.717) is 11.8 Å². The third-order valence-electron chi connectivity index (χ3n) is 3.84. The van der Waals surface area contributed by atoms with E-state index in [1.807, 2.05) is 26.2 Å². The number of rotatable bonds is 3. The van der Waals surface area contributed by atoms with Gasteiger partial charge in [-0.25, -0.2) is 0 Å². The van der Waals surface area contributed by atoms with Crippen LogP contribution in [0.5, 0.6) is 0 Å². The maximum Gasteiger partial charge on any atom is 0.0857 e. The average molecular weight is 242 g/mol. The van der Waals surface area contributed by atoms with Crippen molar-refractivity contribution >= 4 is 0 Å². The van der Waals surface area contributed by atoms with E-state index in [4.69, 9.17) is 0 Å². The summed E-state index contributed by atoms with van der Waals surface area (Å²) in [5.41, 5.74) is 3.24. The molecule has 1 aromatic heterocycles. The van der Waals surface area contributed by atoms with Crippen molar-refractivity contribution in [1.29, 1.82) is 0 Å². The van der Waals surface area contributed by atoms with Gasteiger partial charge in [-0.2, -0.15) is 5.10 Å². The topological polar surface area (TPSA) is 38.0 Å². The minimum absolute atomic E-state index is 0.343. The smallest absolute Gasteiger partial charge is 0.0857 e. The number of hydrogen-bond acceptors (Lipinski definition) is 2. The van der Waals surface area contributed by atoms with E-state index in [9.17, 15) is 5.11 Å². The maximum absolute atomic E-state index is 10.4. The maximum atomic E-state index is 10.4. The second kappa shape index (κ2) is 4.25. The van der Waals surface area contributed by atoms with Gasteiger partial charge in [0.25, 0.3) is 0 Å². The van der Waals surface area contributed by atoms with Gasteiger partial charge in [0, 0.05) is 18.8 Å². The van der Waals surface area contributed by atoms with Gasteiger partial charge in [-0.3, -0.25) is 4.68 Å². The summed E-state index contributed by atoms with van der Waals surface area (Å²) in [7, 11) is 1.89. The Balaban J connectivity index is 1.77. The van der Waals surface area contributed by atoms with Crippen LogP contribution in [0.2, 0.25) is 0 Å². The third kappa shape index (κ3) is 1.95. The van der Waals surface area contributed by atoms with Crippen LogP contribution in [-0.4, -0.2) is 14.9 Å². The van der Waals surface area contributed by atoms with Gasteiger partial charge in [0.2, 0.25) is 0 Å². The minimum Gasteiger partial charge on any atom is -0.388 e. The Morgan fingerprint density at radius 1 is 1.33 bits per heavy atom. The largest absolute Gasteiger partial charge is 0.388 e. The van der Waals surface area contributed by atoms with Gasteiger partial charge in [0.05, 0.1) is 11.8 Å². The van der Waals surface area contributed by atoms with Gasteiger partial charge in [0.15, 0.2) is 0 Å². The molecule has 0 aliphatic heterocycles. The molecule has 1 N–H and O–H groups in total. The van der Waals surface area contributed by atoms with Crippen molar-refractivity contribution in [3.8, 4) is 0 Å². The van der Waals surface area contributed by atoms with Gasteiger partial charge in [-0.05, 0) is 30.7 Å². The second-order valence-corrected chi connectivity index (χ2v) is 5.21. The Kier molecular flexibility index (Phi) is 2.71. The summed E-state index contributed by atoms with van der Waals surface area (Å²) >= 11 is 0. The number of aryl methyl sites for hydroxylation is 2. The molecule has 94 valence electrons. The lowest BCUT2D eigenvalue weighted by atomic mass is 10.0. The lowest BCUT2D eigenvalue weighted by Gasteiger charge is -2.09. The lowest BCUT2D eigenvalue weighted by molar-refractivity contribution is 0.150. The van der Waals surface area contributed by atoms with Crippen LogP contribution in [0.4, 0.5) is 0 Å². The molecule has 3 nitrogen and oxygen atoms in total. The molecule has 3 unspecified atom stereocenters. The molecule has 1 heterocycles. The van der Waals surface area contributed by atoms with Crippen LogP contribution in [0, 0.1) is 12.8 Å². The van der Waals surface area contributed by atoms with Crippen LogP contribution in [-0.2, 0) is 7.05 Å². The highest BCUT2D eigenvalue weighted by molar-refractivity contribution is 5.30. The standard InChI is InChI=1S/C15H18N2O/c1-10-14(9-17(2)16-10)15(18)13-8-12(13)11-6-4-3-5-7-11/h3-7,9,12-13,15,18H,8H2,1-2H3. The quantitative estimate of drug-likeness (QED) is 0.898. The zero-order chi connectivity index (χ0) is 12.7. The van der Waals surface area contributed by atoms with E-state index in [1.165, 1.54) is 5.56 Å². The van der Waals surface area contributed by atoms with Crippen molar-refractivity contribution in [2.24, 2.45) is 13.0 Å². The zero-order valence-corrected chi connectivity index (χ0v) is 10.7. The molecule has 1 aliphatic carbocycles.